The van der Waals surface area contributed by atoms with E-state index in [0.717, 1.165) is 34.2 Å². The van der Waals surface area contributed by atoms with Crippen LogP contribution in [0.25, 0.3) is 11.0 Å². The van der Waals surface area contributed by atoms with Crippen LogP contribution in [-0.2, 0) is 0 Å². The van der Waals surface area contributed by atoms with Gasteiger partial charge in [0.2, 0.25) is 0 Å². The van der Waals surface area contributed by atoms with E-state index in [1.54, 1.807) is 18.9 Å². The summed E-state index contributed by atoms with van der Waals surface area (Å²) in [5, 5.41) is 4.29. The van der Waals surface area contributed by atoms with Crippen LogP contribution in [0.15, 0.2) is 23.2 Å². The number of thioether (sulfide) groups is 1. The molecule has 1 N–H and O–H groups in total. The Kier molecular flexibility index (Phi) is 4.47. The second kappa shape index (κ2) is 6.10. The van der Waals surface area contributed by atoms with Crippen LogP contribution in [0.2, 0.25) is 0 Å². The molecule has 0 radical (unpaired) electrons. The fourth-order valence-electron chi connectivity index (χ4n) is 1.70. The molecular weight excluding hydrogens is 258 g/mol. The predicted molar refractivity (Wildman–Crippen MR) is 81.2 cm³/mol. The van der Waals surface area contributed by atoms with Crippen molar-refractivity contribution in [2.24, 2.45) is 5.92 Å². The third kappa shape index (κ3) is 3.29. The lowest BCUT2D eigenvalue weighted by Gasteiger charge is -2.12. The third-order valence-electron chi connectivity index (χ3n) is 2.71. The summed E-state index contributed by atoms with van der Waals surface area (Å²) >= 11 is 1.60. The number of rotatable bonds is 5. The molecule has 0 atom stereocenters. The molecule has 1 heterocycles. The minimum atomic E-state index is 0.567. The Hall–Kier alpha value is -1.49. The highest BCUT2D eigenvalue weighted by Gasteiger charge is 2.09. The van der Waals surface area contributed by atoms with Crippen molar-refractivity contribution in [3.8, 4) is 5.75 Å². The van der Waals surface area contributed by atoms with Crippen molar-refractivity contribution >= 4 is 28.6 Å². The maximum absolute atomic E-state index is 5.22. The highest BCUT2D eigenvalue weighted by Crippen LogP contribution is 2.26. The molecule has 0 spiro atoms. The van der Waals surface area contributed by atoms with Crippen LogP contribution in [0, 0.1) is 5.92 Å². The molecule has 1 aromatic carbocycles. The molecule has 102 valence electrons. The zero-order chi connectivity index (χ0) is 13.8. The standard InChI is InChI=1S/C14H19N3OS/c1-9(2)8-15-13-14(19-4)17-11-6-5-10(18-3)7-12(11)16-13/h5-7,9H,8H2,1-4H3,(H,15,16). The zero-order valence-electron chi connectivity index (χ0n) is 11.7. The molecule has 2 rings (SSSR count). The van der Waals surface area contributed by atoms with Crippen LogP contribution in [0.5, 0.6) is 5.75 Å². The van der Waals surface area contributed by atoms with Gasteiger partial charge in [0.15, 0.2) is 5.82 Å². The highest BCUT2D eigenvalue weighted by atomic mass is 32.2. The van der Waals surface area contributed by atoms with Gasteiger partial charge in [-0.1, -0.05) is 13.8 Å². The number of nitrogens with one attached hydrogen (secondary N) is 1. The molecule has 0 amide bonds. The number of fused-ring (bicyclic) bond motifs is 1. The molecule has 0 fully saturated rings. The Morgan fingerprint density at radius 3 is 2.68 bits per heavy atom. The van der Waals surface area contributed by atoms with Crippen molar-refractivity contribution in [2.75, 3.05) is 25.2 Å². The van der Waals surface area contributed by atoms with E-state index in [9.17, 15) is 0 Å². The van der Waals surface area contributed by atoms with Crippen molar-refractivity contribution in [3.63, 3.8) is 0 Å². The average Bonchev–Trinajstić information content (AvgIpc) is 2.43. The van der Waals surface area contributed by atoms with Crippen LogP contribution >= 0.6 is 11.8 Å². The summed E-state index contributed by atoms with van der Waals surface area (Å²) in [4.78, 5) is 9.28. The van der Waals surface area contributed by atoms with Crippen molar-refractivity contribution in [1.82, 2.24) is 9.97 Å². The number of methoxy groups -OCH3 is 1. The van der Waals surface area contributed by atoms with Crippen molar-refractivity contribution < 1.29 is 4.74 Å². The summed E-state index contributed by atoms with van der Waals surface area (Å²) in [5.41, 5.74) is 1.74. The summed E-state index contributed by atoms with van der Waals surface area (Å²) in [5.74, 6) is 2.22. The fraction of sp³-hybridized carbons (Fsp3) is 0.429. The first kappa shape index (κ1) is 13.9. The third-order valence-corrected chi connectivity index (χ3v) is 3.38. The molecule has 0 bridgehead atoms. The van der Waals surface area contributed by atoms with E-state index in [-0.39, 0.29) is 0 Å². The molecule has 0 aliphatic carbocycles. The van der Waals surface area contributed by atoms with Gasteiger partial charge in [-0.05, 0) is 24.3 Å². The SMILES string of the molecule is COc1ccc2nc(SC)c(NCC(C)C)nc2c1. The molecule has 1 aromatic heterocycles. The number of hydrogen-bond acceptors (Lipinski definition) is 5. The Balaban J connectivity index is 2.42. The number of ether oxygens (including phenoxy) is 1. The van der Waals surface area contributed by atoms with E-state index in [4.69, 9.17) is 4.74 Å². The molecule has 0 aliphatic heterocycles. The molecule has 0 unspecified atom stereocenters. The summed E-state index contributed by atoms with van der Waals surface area (Å²) < 4.78 is 5.22. The topological polar surface area (TPSA) is 47.0 Å². The lowest BCUT2D eigenvalue weighted by molar-refractivity contribution is 0.415. The number of hydrogen-bond donors (Lipinski definition) is 1. The minimum Gasteiger partial charge on any atom is -0.497 e. The van der Waals surface area contributed by atoms with Gasteiger partial charge >= 0.3 is 0 Å². The second-order valence-electron chi connectivity index (χ2n) is 4.71. The first-order valence-electron chi connectivity index (χ1n) is 6.27. The highest BCUT2D eigenvalue weighted by molar-refractivity contribution is 7.98. The van der Waals surface area contributed by atoms with E-state index in [1.807, 2.05) is 24.5 Å². The molecule has 5 heteroatoms. The average molecular weight is 277 g/mol. The molecule has 0 saturated heterocycles. The number of benzene rings is 1. The Morgan fingerprint density at radius 1 is 1.26 bits per heavy atom. The Labute approximate surface area is 118 Å². The predicted octanol–water partition coefficient (Wildman–Crippen LogP) is 3.43. The first-order valence-corrected chi connectivity index (χ1v) is 7.50. The van der Waals surface area contributed by atoms with Gasteiger partial charge in [-0.25, -0.2) is 9.97 Å². The molecule has 0 aliphatic rings. The van der Waals surface area contributed by atoms with Crippen LogP contribution in [0.4, 0.5) is 5.82 Å². The van der Waals surface area contributed by atoms with Crippen molar-refractivity contribution in [3.05, 3.63) is 18.2 Å². The quantitative estimate of drug-likeness (QED) is 0.848. The van der Waals surface area contributed by atoms with Crippen LogP contribution < -0.4 is 10.1 Å². The summed E-state index contributed by atoms with van der Waals surface area (Å²) in [6.07, 6.45) is 2.01. The summed E-state index contributed by atoms with van der Waals surface area (Å²) in [6, 6.07) is 5.75. The number of anilines is 1. The normalized spacial score (nSPS) is 11.0. The van der Waals surface area contributed by atoms with Gasteiger partial charge in [0, 0.05) is 12.6 Å². The van der Waals surface area contributed by atoms with Gasteiger partial charge in [0.05, 0.1) is 18.1 Å². The van der Waals surface area contributed by atoms with Crippen LogP contribution in [0.1, 0.15) is 13.8 Å². The Morgan fingerprint density at radius 2 is 2.05 bits per heavy atom. The van der Waals surface area contributed by atoms with Gasteiger partial charge in [0.1, 0.15) is 10.8 Å². The van der Waals surface area contributed by atoms with Crippen LogP contribution in [-0.4, -0.2) is 29.9 Å². The van der Waals surface area contributed by atoms with Gasteiger partial charge < -0.3 is 10.1 Å². The molecular formula is C14H19N3OS. The maximum Gasteiger partial charge on any atom is 0.159 e. The van der Waals surface area contributed by atoms with Gasteiger partial charge in [0.25, 0.3) is 0 Å². The van der Waals surface area contributed by atoms with E-state index in [1.165, 1.54) is 0 Å². The summed E-state index contributed by atoms with van der Waals surface area (Å²) in [6.45, 7) is 5.23. The second-order valence-corrected chi connectivity index (χ2v) is 5.51. The monoisotopic (exact) mass is 277 g/mol. The fourth-order valence-corrected chi connectivity index (χ4v) is 2.20. The van der Waals surface area contributed by atoms with Gasteiger partial charge in [-0.3, -0.25) is 0 Å². The van der Waals surface area contributed by atoms with Crippen LogP contribution in [0.3, 0.4) is 0 Å². The van der Waals surface area contributed by atoms with E-state index >= 15 is 0 Å². The molecule has 19 heavy (non-hydrogen) atoms. The van der Waals surface area contributed by atoms with Crippen molar-refractivity contribution in [2.45, 2.75) is 18.9 Å². The van der Waals surface area contributed by atoms with E-state index < -0.39 is 0 Å². The maximum atomic E-state index is 5.22. The molecule has 0 saturated carbocycles. The molecule has 2 aromatic rings. The number of nitrogens with zero attached hydrogens (tertiary/aromatic N) is 2. The lowest BCUT2D eigenvalue weighted by atomic mass is 10.2. The zero-order valence-corrected chi connectivity index (χ0v) is 12.5. The van der Waals surface area contributed by atoms with Gasteiger partial charge in [-0.2, -0.15) is 0 Å². The van der Waals surface area contributed by atoms with E-state index in [2.05, 4.69) is 29.1 Å². The van der Waals surface area contributed by atoms with Crippen molar-refractivity contribution in [1.29, 1.82) is 0 Å². The lowest BCUT2D eigenvalue weighted by Crippen LogP contribution is -2.10. The molecule has 4 nitrogen and oxygen atoms in total. The number of aromatic nitrogens is 2. The Bertz CT molecular complexity index is 572. The summed E-state index contributed by atoms with van der Waals surface area (Å²) in [7, 11) is 1.66. The minimum absolute atomic E-state index is 0.567. The smallest absolute Gasteiger partial charge is 0.159 e. The first-order chi connectivity index (χ1) is 9.13. The largest absolute Gasteiger partial charge is 0.497 e. The van der Waals surface area contributed by atoms with E-state index in [0.29, 0.717) is 5.92 Å². The van der Waals surface area contributed by atoms with Gasteiger partial charge in [-0.15, -0.1) is 11.8 Å².